The van der Waals surface area contributed by atoms with Crippen molar-refractivity contribution in [3.63, 3.8) is 0 Å². The first-order chi connectivity index (χ1) is 9.51. The SMILES string of the molecule is CCC1CCC(C(=O)O)C(Cc2cc(Br)ccc2F)C1. The Kier molecular flexibility index (Phi) is 5.19. The summed E-state index contributed by atoms with van der Waals surface area (Å²) in [4.78, 5) is 11.4. The van der Waals surface area contributed by atoms with Gasteiger partial charge in [-0.1, -0.05) is 29.3 Å². The Morgan fingerprint density at radius 2 is 2.20 bits per heavy atom. The normalized spacial score (nSPS) is 26.4. The predicted octanol–water partition coefficient (Wildman–Crippen LogP) is 4.66. The molecule has 3 atom stereocenters. The van der Waals surface area contributed by atoms with E-state index in [0.29, 0.717) is 24.3 Å². The highest BCUT2D eigenvalue weighted by Gasteiger charge is 2.34. The van der Waals surface area contributed by atoms with Crippen LogP contribution in [0.1, 0.15) is 38.2 Å². The number of hydrogen-bond donors (Lipinski definition) is 1. The zero-order valence-corrected chi connectivity index (χ0v) is 13.2. The molecule has 20 heavy (non-hydrogen) atoms. The zero-order chi connectivity index (χ0) is 14.7. The summed E-state index contributed by atoms with van der Waals surface area (Å²) in [6.07, 6.45) is 4.17. The van der Waals surface area contributed by atoms with Crippen molar-refractivity contribution in [2.45, 2.75) is 39.0 Å². The van der Waals surface area contributed by atoms with Crippen molar-refractivity contribution in [1.82, 2.24) is 0 Å². The van der Waals surface area contributed by atoms with E-state index in [-0.39, 0.29) is 17.7 Å². The fourth-order valence-electron chi connectivity index (χ4n) is 3.26. The highest BCUT2D eigenvalue weighted by Crippen LogP contribution is 2.38. The largest absolute Gasteiger partial charge is 0.481 e. The fourth-order valence-corrected chi connectivity index (χ4v) is 3.67. The van der Waals surface area contributed by atoms with Crippen LogP contribution in [0.25, 0.3) is 0 Å². The highest BCUT2D eigenvalue weighted by molar-refractivity contribution is 9.10. The average molecular weight is 343 g/mol. The van der Waals surface area contributed by atoms with E-state index in [1.165, 1.54) is 6.07 Å². The van der Waals surface area contributed by atoms with Gasteiger partial charge in [-0.3, -0.25) is 4.79 Å². The van der Waals surface area contributed by atoms with Gasteiger partial charge in [0.2, 0.25) is 0 Å². The van der Waals surface area contributed by atoms with E-state index in [4.69, 9.17) is 0 Å². The molecule has 0 saturated heterocycles. The molecule has 0 aliphatic heterocycles. The molecule has 0 heterocycles. The van der Waals surface area contributed by atoms with Crippen molar-refractivity contribution in [1.29, 1.82) is 0 Å². The number of rotatable bonds is 4. The summed E-state index contributed by atoms with van der Waals surface area (Å²) in [7, 11) is 0. The molecule has 0 amide bonds. The van der Waals surface area contributed by atoms with E-state index in [1.54, 1.807) is 12.1 Å². The summed E-state index contributed by atoms with van der Waals surface area (Å²) >= 11 is 3.35. The van der Waals surface area contributed by atoms with Gasteiger partial charge in [-0.05, 0) is 61.3 Å². The topological polar surface area (TPSA) is 37.3 Å². The van der Waals surface area contributed by atoms with Gasteiger partial charge in [-0.25, -0.2) is 4.39 Å². The minimum Gasteiger partial charge on any atom is -0.481 e. The Morgan fingerprint density at radius 3 is 2.85 bits per heavy atom. The van der Waals surface area contributed by atoms with E-state index in [0.717, 1.165) is 23.7 Å². The lowest BCUT2D eigenvalue weighted by Crippen LogP contribution is -2.32. The molecule has 3 unspecified atom stereocenters. The van der Waals surface area contributed by atoms with E-state index < -0.39 is 5.97 Å². The number of aliphatic carboxylic acids is 1. The number of carboxylic acid groups (broad SMARTS) is 1. The van der Waals surface area contributed by atoms with Gasteiger partial charge >= 0.3 is 5.97 Å². The van der Waals surface area contributed by atoms with E-state index >= 15 is 0 Å². The smallest absolute Gasteiger partial charge is 0.306 e. The molecule has 2 rings (SSSR count). The molecule has 110 valence electrons. The van der Waals surface area contributed by atoms with Crippen LogP contribution in [0.15, 0.2) is 22.7 Å². The van der Waals surface area contributed by atoms with Crippen LogP contribution in [-0.2, 0) is 11.2 Å². The highest BCUT2D eigenvalue weighted by atomic mass is 79.9. The molecule has 1 saturated carbocycles. The summed E-state index contributed by atoms with van der Waals surface area (Å²) < 4.78 is 14.7. The first-order valence-corrected chi connectivity index (χ1v) is 7.97. The van der Waals surface area contributed by atoms with Crippen molar-refractivity contribution in [2.75, 3.05) is 0 Å². The first-order valence-electron chi connectivity index (χ1n) is 7.18. The summed E-state index contributed by atoms with van der Waals surface area (Å²) in [5, 5.41) is 9.37. The number of benzene rings is 1. The van der Waals surface area contributed by atoms with Crippen molar-refractivity contribution >= 4 is 21.9 Å². The van der Waals surface area contributed by atoms with Crippen LogP contribution in [0.2, 0.25) is 0 Å². The van der Waals surface area contributed by atoms with Crippen molar-refractivity contribution in [3.8, 4) is 0 Å². The molecule has 1 N–H and O–H groups in total. The van der Waals surface area contributed by atoms with Crippen LogP contribution < -0.4 is 0 Å². The lowest BCUT2D eigenvalue weighted by atomic mass is 9.71. The van der Waals surface area contributed by atoms with Gasteiger partial charge in [0.25, 0.3) is 0 Å². The van der Waals surface area contributed by atoms with E-state index in [9.17, 15) is 14.3 Å². The van der Waals surface area contributed by atoms with Gasteiger partial charge in [0.05, 0.1) is 5.92 Å². The lowest BCUT2D eigenvalue weighted by molar-refractivity contribution is -0.145. The van der Waals surface area contributed by atoms with Gasteiger partial charge in [0.1, 0.15) is 5.82 Å². The number of carbonyl (C=O) groups is 1. The maximum atomic E-state index is 13.9. The molecule has 2 nitrogen and oxygen atoms in total. The Bertz CT molecular complexity index is 489. The maximum Gasteiger partial charge on any atom is 0.306 e. The van der Waals surface area contributed by atoms with Gasteiger partial charge in [0, 0.05) is 4.47 Å². The predicted molar refractivity (Wildman–Crippen MR) is 80.1 cm³/mol. The second kappa shape index (κ2) is 6.70. The Labute approximate surface area is 127 Å². The van der Waals surface area contributed by atoms with Crippen LogP contribution in [-0.4, -0.2) is 11.1 Å². The minimum atomic E-state index is -0.736. The Morgan fingerprint density at radius 1 is 1.45 bits per heavy atom. The van der Waals surface area contributed by atoms with Gasteiger partial charge < -0.3 is 5.11 Å². The van der Waals surface area contributed by atoms with E-state index in [1.807, 2.05) is 0 Å². The Hall–Kier alpha value is -0.900. The molecule has 1 aromatic rings. The van der Waals surface area contributed by atoms with Crippen LogP contribution in [0.5, 0.6) is 0 Å². The number of halogens is 2. The molecule has 1 fully saturated rings. The van der Waals surface area contributed by atoms with Gasteiger partial charge in [-0.2, -0.15) is 0 Å². The molecular formula is C16H20BrFO2. The van der Waals surface area contributed by atoms with Crippen LogP contribution in [0.4, 0.5) is 4.39 Å². The average Bonchev–Trinajstić information content (AvgIpc) is 2.42. The van der Waals surface area contributed by atoms with Crippen molar-refractivity contribution in [3.05, 3.63) is 34.1 Å². The van der Waals surface area contributed by atoms with Crippen LogP contribution in [0, 0.1) is 23.6 Å². The summed E-state index contributed by atoms with van der Waals surface area (Å²) in [6, 6.07) is 4.88. The molecule has 4 heteroatoms. The molecule has 0 spiro atoms. The maximum absolute atomic E-state index is 13.9. The molecular weight excluding hydrogens is 323 g/mol. The molecule has 1 aliphatic carbocycles. The molecule has 0 radical (unpaired) electrons. The number of hydrogen-bond acceptors (Lipinski definition) is 1. The van der Waals surface area contributed by atoms with Crippen LogP contribution >= 0.6 is 15.9 Å². The second-order valence-corrected chi connectivity index (χ2v) is 6.65. The summed E-state index contributed by atoms with van der Waals surface area (Å²) in [5.41, 5.74) is 0.618. The monoisotopic (exact) mass is 342 g/mol. The first kappa shape index (κ1) is 15.5. The van der Waals surface area contributed by atoms with Crippen molar-refractivity contribution < 1.29 is 14.3 Å². The second-order valence-electron chi connectivity index (χ2n) is 5.73. The molecule has 0 bridgehead atoms. The standard InChI is InChI=1S/C16H20BrFO2/c1-2-10-3-5-14(16(19)20)11(7-10)8-12-9-13(17)4-6-15(12)18/h4,6,9-11,14H,2-3,5,7-8H2,1H3,(H,19,20). The van der Waals surface area contributed by atoms with Gasteiger partial charge in [-0.15, -0.1) is 0 Å². The molecule has 1 aliphatic rings. The zero-order valence-electron chi connectivity index (χ0n) is 11.6. The Balaban J connectivity index is 2.18. The third kappa shape index (κ3) is 3.60. The van der Waals surface area contributed by atoms with Crippen molar-refractivity contribution in [2.24, 2.45) is 17.8 Å². The quantitative estimate of drug-likeness (QED) is 0.863. The van der Waals surface area contributed by atoms with Crippen LogP contribution in [0.3, 0.4) is 0 Å². The summed E-state index contributed by atoms with van der Waals surface area (Å²) in [6.45, 7) is 2.14. The van der Waals surface area contributed by atoms with Gasteiger partial charge in [0.15, 0.2) is 0 Å². The summed E-state index contributed by atoms with van der Waals surface area (Å²) in [5.74, 6) is -0.701. The lowest BCUT2D eigenvalue weighted by Gasteiger charge is -2.33. The molecule has 1 aromatic carbocycles. The third-order valence-corrected chi connectivity index (χ3v) is 4.97. The van der Waals surface area contributed by atoms with E-state index in [2.05, 4.69) is 22.9 Å². The third-order valence-electron chi connectivity index (χ3n) is 4.48. The minimum absolute atomic E-state index is 0.0370. The molecule has 0 aromatic heterocycles. The number of carboxylic acids is 1. The fraction of sp³-hybridized carbons (Fsp3) is 0.562.